The molecule has 1 aromatic heterocycles. The van der Waals surface area contributed by atoms with Gasteiger partial charge in [0.2, 0.25) is 0 Å². The SMILES string of the molecule is Cc1c([C@@H](C)NC2CCN(C(C)C)CC2)cnn1-c1ccc(F)cc1F. The van der Waals surface area contributed by atoms with Crippen molar-refractivity contribution in [2.45, 2.75) is 58.7 Å². The number of nitrogens with one attached hydrogen (secondary N) is 1. The molecular weight excluding hydrogens is 334 g/mol. The maximum atomic E-state index is 14.1. The number of aromatic nitrogens is 2. The molecule has 2 heterocycles. The minimum Gasteiger partial charge on any atom is -0.307 e. The number of hydrogen-bond acceptors (Lipinski definition) is 3. The van der Waals surface area contributed by atoms with E-state index in [9.17, 15) is 8.78 Å². The number of halogens is 2. The number of benzene rings is 1. The summed E-state index contributed by atoms with van der Waals surface area (Å²) in [7, 11) is 0. The molecule has 1 N–H and O–H groups in total. The van der Waals surface area contributed by atoms with Crippen LogP contribution in [0, 0.1) is 18.6 Å². The average molecular weight is 362 g/mol. The second kappa shape index (κ2) is 7.84. The summed E-state index contributed by atoms with van der Waals surface area (Å²) in [5, 5.41) is 8.02. The molecule has 0 amide bonds. The normalized spacial score (nSPS) is 17.8. The van der Waals surface area contributed by atoms with Crippen LogP contribution in [0.5, 0.6) is 0 Å². The number of likely N-dealkylation sites (tertiary alicyclic amines) is 1. The van der Waals surface area contributed by atoms with Crippen LogP contribution in [-0.4, -0.2) is 39.9 Å². The highest BCUT2D eigenvalue weighted by molar-refractivity contribution is 5.37. The van der Waals surface area contributed by atoms with Crippen LogP contribution in [0.4, 0.5) is 8.78 Å². The lowest BCUT2D eigenvalue weighted by Gasteiger charge is -2.36. The van der Waals surface area contributed by atoms with E-state index in [0.29, 0.717) is 12.1 Å². The lowest BCUT2D eigenvalue weighted by atomic mass is 10.0. The maximum Gasteiger partial charge on any atom is 0.151 e. The van der Waals surface area contributed by atoms with E-state index in [-0.39, 0.29) is 11.7 Å². The van der Waals surface area contributed by atoms with Gasteiger partial charge in [-0.2, -0.15) is 5.10 Å². The third-order valence-electron chi connectivity index (χ3n) is 5.40. The Kier molecular flexibility index (Phi) is 5.73. The van der Waals surface area contributed by atoms with E-state index < -0.39 is 11.6 Å². The molecule has 1 aromatic carbocycles. The van der Waals surface area contributed by atoms with Crippen LogP contribution in [0.3, 0.4) is 0 Å². The summed E-state index contributed by atoms with van der Waals surface area (Å²) in [6, 6.07) is 4.77. The average Bonchev–Trinajstić information content (AvgIpc) is 2.97. The Balaban J connectivity index is 1.69. The van der Waals surface area contributed by atoms with E-state index in [1.54, 1.807) is 10.9 Å². The van der Waals surface area contributed by atoms with Crippen LogP contribution in [0.15, 0.2) is 24.4 Å². The van der Waals surface area contributed by atoms with Crippen molar-refractivity contribution in [1.82, 2.24) is 20.0 Å². The van der Waals surface area contributed by atoms with Crippen molar-refractivity contribution in [2.24, 2.45) is 0 Å². The summed E-state index contributed by atoms with van der Waals surface area (Å²) >= 11 is 0. The molecule has 0 aliphatic carbocycles. The van der Waals surface area contributed by atoms with Gasteiger partial charge in [0.1, 0.15) is 11.5 Å². The lowest BCUT2D eigenvalue weighted by Crippen LogP contribution is -2.45. The Hall–Kier alpha value is -1.79. The summed E-state index contributed by atoms with van der Waals surface area (Å²) in [4.78, 5) is 2.50. The molecule has 1 atom stereocenters. The van der Waals surface area contributed by atoms with Crippen LogP contribution < -0.4 is 5.32 Å². The van der Waals surface area contributed by atoms with Crippen molar-refractivity contribution in [3.05, 3.63) is 47.3 Å². The van der Waals surface area contributed by atoms with E-state index in [2.05, 4.69) is 36.1 Å². The van der Waals surface area contributed by atoms with E-state index in [4.69, 9.17) is 0 Å². The number of piperidine rings is 1. The number of nitrogens with zero attached hydrogens (tertiary/aromatic N) is 3. The fraction of sp³-hybridized carbons (Fsp3) is 0.550. The zero-order valence-corrected chi connectivity index (χ0v) is 16.0. The minimum absolute atomic E-state index is 0.128. The summed E-state index contributed by atoms with van der Waals surface area (Å²) < 4.78 is 28.8. The van der Waals surface area contributed by atoms with Crippen LogP contribution >= 0.6 is 0 Å². The predicted octanol–water partition coefficient (Wildman–Crippen LogP) is 3.98. The largest absolute Gasteiger partial charge is 0.307 e. The van der Waals surface area contributed by atoms with Crippen LogP contribution in [0.2, 0.25) is 0 Å². The van der Waals surface area contributed by atoms with E-state index in [1.165, 1.54) is 12.1 Å². The molecule has 0 unspecified atom stereocenters. The van der Waals surface area contributed by atoms with Crippen molar-refractivity contribution < 1.29 is 8.78 Å². The monoisotopic (exact) mass is 362 g/mol. The molecular formula is C20H28F2N4. The second-order valence-electron chi connectivity index (χ2n) is 7.49. The van der Waals surface area contributed by atoms with Crippen LogP contribution in [0.1, 0.15) is 50.9 Å². The van der Waals surface area contributed by atoms with E-state index in [1.807, 2.05) is 6.92 Å². The Morgan fingerprint density at radius 3 is 2.46 bits per heavy atom. The van der Waals surface area contributed by atoms with Crippen LogP contribution in [-0.2, 0) is 0 Å². The quantitative estimate of drug-likeness (QED) is 0.873. The Morgan fingerprint density at radius 2 is 1.85 bits per heavy atom. The fourth-order valence-corrected chi connectivity index (χ4v) is 3.77. The Labute approximate surface area is 154 Å². The zero-order valence-electron chi connectivity index (χ0n) is 16.0. The first-order valence-corrected chi connectivity index (χ1v) is 9.37. The molecule has 0 radical (unpaired) electrons. The third-order valence-corrected chi connectivity index (χ3v) is 5.40. The zero-order chi connectivity index (χ0) is 18.8. The third kappa shape index (κ3) is 3.96. The van der Waals surface area contributed by atoms with Gasteiger partial charge in [0.25, 0.3) is 0 Å². The predicted molar refractivity (Wildman–Crippen MR) is 99.5 cm³/mol. The van der Waals surface area contributed by atoms with Crippen molar-refractivity contribution in [3.63, 3.8) is 0 Å². The molecule has 2 aromatic rings. The van der Waals surface area contributed by atoms with Crippen molar-refractivity contribution in [3.8, 4) is 5.69 Å². The molecule has 26 heavy (non-hydrogen) atoms. The second-order valence-corrected chi connectivity index (χ2v) is 7.49. The fourth-order valence-electron chi connectivity index (χ4n) is 3.77. The number of rotatable bonds is 5. The van der Waals surface area contributed by atoms with Gasteiger partial charge >= 0.3 is 0 Å². The first-order chi connectivity index (χ1) is 12.4. The first-order valence-electron chi connectivity index (χ1n) is 9.37. The molecule has 1 fully saturated rings. The molecule has 142 valence electrons. The maximum absolute atomic E-state index is 14.1. The molecule has 1 aliphatic rings. The molecule has 0 spiro atoms. The van der Waals surface area contributed by atoms with Gasteiger partial charge in [-0.1, -0.05) is 0 Å². The van der Waals surface area contributed by atoms with Crippen LogP contribution in [0.25, 0.3) is 5.69 Å². The Bertz CT molecular complexity index is 748. The molecule has 3 rings (SSSR count). The van der Waals surface area contributed by atoms with E-state index in [0.717, 1.165) is 43.3 Å². The number of hydrogen-bond donors (Lipinski definition) is 1. The lowest BCUT2D eigenvalue weighted by molar-refractivity contribution is 0.157. The highest BCUT2D eigenvalue weighted by Gasteiger charge is 2.24. The smallest absolute Gasteiger partial charge is 0.151 e. The van der Waals surface area contributed by atoms with Gasteiger partial charge in [-0.25, -0.2) is 13.5 Å². The standard InChI is InChI=1S/C20H28F2N4/c1-13(2)25-9-7-17(8-10-25)24-14(3)18-12-23-26(15(18)4)20-6-5-16(21)11-19(20)22/h5-6,11-14,17,24H,7-10H2,1-4H3/t14-/m1/s1. The van der Waals surface area contributed by atoms with Crippen molar-refractivity contribution >= 4 is 0 Å². The Morgan fingerprint density at radius 1 is 1.15 bits per heavy atom. The van der Waals surface area contributed by atoms with Gasteiger partial charge in [0.15, 0.2) is 5.82 Å². The summed E-state index contributed by atoms with van der Waals surface area (Å²) in [5.74, 6) is -1.19. The highest BCUT2D eigenvalue weighted by Crippen LogP contribution is 2.24. The molecule has 0 saturated carbocycles. The first kappa shape index (κ1) is 19.0. The molecule has 6 heteroatoms. The summed E-state index contributed by atoms with van der Waals surface area (Å²) in [6.07, 6.45) is 4.03. The van der Waals surface area contributed by atoms with Gasteiger partial charge in [-0.3, -0.25) is 0 Å². The van der Waals surface area contributed by atoms with Crippen molar-refractivity contribution in [2.75, 3.05) is 13.1 Å². The van der Waals surface area contributed by atoms with Gasteiger partial charge in [-0.05, 0) is 65.8 Å². The minimum atomic E-state index is -0.607. The summed E-state index contributed by atoms with van der Waals surface area (Å²) in [5.41, 5.74) is 2.18. The van der Waals surface area contributed by atoms with E-state index >= 15 is 0 Å². The molecule has 1 saturated heterocycles. The molecule has 1 aliphatic heterocycles. The highest BCUT2D eigenvalue weighted by atomic mass is 19.1. The van der Waals surface area contributed by atoms with Crippen molar-refractivity contribution in [1.29, 1.82) is 0 Å². The topological polar surface area (TPSA) is 33.1 Å². The summed E-state index contributed by atoms with van der Waals surface area (Å²) in [6.45, 7) is 10.7. The molecule has 4 nitrogen and oxygen atoms in total. The van der Waals surface area contributed by atoms with Gasteiger partial charge in [0.05, 0.1) is 6.20 Å². The van der Waals surface area contributed by atoms with Gasteiger partial charge in [0, 0.05) is 35.4 Å². The van der Waals surface area contributed by atoms with Gasteiger partial charge in [-0.15, -0.1) is 0 Å². The van der Waals surface area contributed by atoms with Gasteiger partial charge < -0.3 is 10.2 Å². The molecule has 0 bridgehead atoms.